The van der Waals surface area contributed by atoms with Crippen molar-refractivity contribution in [1.82, 2.24) is 9.78 Å². The normalized spacial score (nSPS) is 47.6. The topological polar surface area (TPSA) is 61.8 Å². The van der Waals surface area contributed by atoms with Gasteiger partial charge in [-0.3, -0.25) is 4.68 Å². The minimum absolute atomic E-state index is 0.366. The number of nitrogens with zero attached hydrogens (tertiary/aromatic N) is 3. The summed E-state index contributed by atoms with van der Waals surface area (Å²) >= 11 is 0. The third kappa shape index (κ3) is 3.07. The van der Waals surface area contributed by atoms with E-state index in [9.17, 15) is 10.4 Å². The quantitative estimate of drug-likeness (QED) is 0.735. The first-order valence-corrected chi connectivity index (χ1v) is 12.0. The number of fused-ring (bicyclic) bond motifs is 5. The lowest BCUT2D eigenvalue weighted by atomic mass is 9.49. The van der Waals surface area contributed by atoms with E-state index in [1.807, 2.05) is 6.20 Å². The second-order valence-electron chi connectivity index (χ2n) is 11.5. The lowest BCUT2D eigenvalue weighted by molar-refractivity contribution is -0.102. The molecule has 158 valence electrons. The van der Waals surface area contributed by atoms with Gasteiger partial charge in [0, 0.05) is 6.20 Å². The summed E-state index contributed by atoms with van der Waals surface area (Å²) in [6, 6.07) is 2.59. The van der Waals surface area contributed by atoms with E-state index >= 15 is 0 Å². The molecule has 0 amide bonds. The Morgan fingerprint density at radius 3 is 2.66 bits per heavy atom. The van der Waals surface area contributed by atoms with Crippen LogP contribution >= 0.6 is 0 Å². The van der Waals surface area contributed by atoms with Gasteiger partial charge >= 0.3 is 0 Å². The zero-order valence-electron chi connectivity index (χ0n) is 18.3. The van der Waals surface area contributed by atoms with Gasteiger partial charge in [0.25, 0.3) is 0 Å². The molecule has 4 saturated carbocycles. The van der Waals surface area contributed by atoms with Gasteiger partial charge in [-0.05, 0) is 113 Å². The van der Waals surface area contributed by atoms with Crippen LogP contribution in [0.15, 0.2) is 12.4 Å². The zero-order chi connectivity index (χ0) is 20.4. The molecule has 5 rings (SSSR count). The summed E-state index contributed by atoms with van der Waals surface area (Å²) in [4.78, 5) is 0. The highest BCUT2D eigenvalue weighted by Crippen LogP contribution is 2.66. The molecular weight excluding hydrogens is 358 g/mol. The Kier molecular flexibility index (Phi) is 4.63. The predicted molar refractivity (Wildman–Crippen MR) is 113 cm³/mol. The van der Waals surface area contributed by atoms with Gasteiger partial charge in [-0.2, -0.15) is 10.4 Å². The number of nitriles is 1. The summed E-state index contributed by atoms with van der Waals surface area (Å²) in [7, 11) is 0. The molecule has 29 heavy (non-hydrogen) atoms. The highest BCUT2D eigenvalue weighted by atomic mass is 16.3. The summed E-state index contributed by atoms with van der Waals surface area (Å²) < 4.78 is 2.06. The van der Waals surface area contributed by atoms with Crippen molar-refractivity contribution in [2.75, 3.05) is 0 Å². The minimum Gasteiger partial charge on any atom is -0.390 e. The van der Waals surface area contributed by atoms with Crippen LogP contribution in [0, 0.1) is 52.3 Å². The number of hydrogen-bond donors (Lipinski definition) is 1. The van der Waals surface area contributed by atoms with Crippen LogP contribution in [0.1, 0.15) is 90.2 Å². The van der Waals surface area contributed by atoms with Crippen molar-refractivity contribution in [2.24, 2.45) is 40.9 Å². The van der Waals surface area contributed by atoms with Gasteiger partial charge in [-0.25, -0.2) is 0 Å². The number of aromatic nitrogens is 2. The van der Waals surface area contributed by atoms with E-state index in [0.29, 0.717) is 22.9 Å². The van der Waals surface area contributed by atoms with Gasteiger partial charge in [0.05, 0.1) is 23.4 Å². The van der Waals surface area contributed by atoms with Gasteiger partial charge in [0.1, 0.15) is 6.07 Å². The standard InChI is InChI=1S/C25H37N3O/c1-16(28-15-17(13-26)14-27-28)22-6-7-23-21-5-4-18-12-24(2,29)10-8-19(18)20(21)9-11-25(22,23)3/h14-16,18-23,29H,4-12H2,1-3H3/t16-,18+,19-,20+,21+,22?,23-,24+,25+/m0/s1. The molecule has 4 nitrogen and oxygen atoms in total. The summed E-state index contributed by atoms with van der Waals surface area (Å²) in [5.41, 5.74) is 0.662. The van der Waals surface area contributed by atoms with E-state index in [4.69, 9.17) is 0 Å². The van der Waals surface area contributed by atoms with Gasteiger partial charge < -0.3 is 5.11 Å². The van der Waals surface area contributed by atoms with Crippen LogP contribution in [0.5, 0.6) is 0 Å². The van der Waals surface area contributed by atoms with Crippen LogP contribution in [0.3, 0.4) is 0 Å². The van der Waals surface area contributed by atoms with Crippen LogP contribution in [0.4, 0.5) is 0 Å². The molecule has 1 heterocycles. The fourth-order valence-electron chi connectivity index (χ4n) is 8.72. The molecule has 0 aliphatic heterocycles. The second kappa shape index (κ2) is 6.84. The Balaban J connectivity index is 1.35. The fraction of sp³-hybridized carbons (Fsp3) is 0.840. The Morgan fingerprint density at radius 2 is 1.90 bits per heavy atom. The second-order valence-corrected chi connectivity index (χ2v) is 11.5. The smallest absolute Gasteiger partial charge is 0.102 e. The van der Waals surface area contributed by atoms with Gasteiger partial charge in [-0.1, -0.05) is 6.92 Å². The predicted octanol–water partition coefficient (Wildman–Crippen LogP) is 5.34. The third-order valence-corrected chi connectivity index (χ3v) is 10.0. The van der Waals surface area contributed by atoms with E-state index in [1.54, 1.807) is 6.20 Å². The van der Waals surface area contributed by atoms with Crippen molar-refractivity contribution in [3.8, 4) is 6.07 Å². The number of aliphatic hydroxyl groups is 1. The van der Waals surface area contributed by atoms with Gasteiger partial charge in [-0.15, -0.1) is 0 Å². The first-order chi connectivity index (χ1) is 13.8. The van der Waals surface area contributed by atoms with E-state index in [0.717, 1.165) is 42.4 Å². The summed E-state index contributed by atoms with van der Waals surface area (Å²) in [5, 5.41) is 24.3. The molecule has 0 spiro atoms. The maximum atomic E-state index is 10.6. The molecule has 4 aliphatic carbocycles. The lowest BCUT2D eigenvalue weighted by Gasteiger charge is -2.57. The molecule has 1 aromatic heterocycles. The Labute approximate surface area is 175 Å². The molecule has 0 saturated heterocycles. The minimum atomic E-state index is -0.420. The average Bonchev–Trinajstić information content (AvgIpc) is 3.30. The number of hydrogen-bond acceptors (Lipinski definition) is 3. The van der Waals surface area contributed by atoms with Crippen molar-refractivity contribution in [1.29, 1.82) is 5.26 Å². The van der Waals surface area contributed by atoms with Crippen LogP contribution in [0.25, 0.3) is 0 Å². The number of rotatable bonds is 2. The highest BCUT2D eigenvalue weighted by molar-refractivity contribution is 5.22. The molecule has 1 N–H and O–H groups in total. The van der Waals surface area contributed by atoms with Crippen molar-refractivity contribution in [3.63, 3.8) is 0 Å². The largest absolute Gasteiger partial charge is 0.390 e. The maximum absolute atomic E-state index is 10.6. The first-order valence-electron chi connectivity index (χ1n) is 12.0. The van der Waals surface area contributed by atoms with Crippen molar-refractivity contribution in [3.05, 3.63) is 18.0 Å². The molecular formula is C25H37N3O. The van der Waals surface area contributed by atoms with Crippen molar-refractivity contribution >= 4 is 0 Å². The van der Waals surface area contributed by atoms with Crippen LogP contribution in [0.2, 0.25) is 0 Å². The summed E-state index contributed by atoms with van der Waals surface area (Å²) in [6.07, 6.45) is 15.0. The summed E-state index contributed by atoms with van der Waals surface area (Å²) in [6.45, 7) is 6.95. The molecule has 4 fully saturated rings. The maximum Gasteiger partial charge on any atom is 0.102 e. The fourth-order valence-corrected chi connectivity index (χ4v) is 8.72. The molecule has 4 aliphatic rings. The average molecular weight is 396 g/mol. The van der Waals surface area contributed by atoms with Crippen molar-refractivity contribution < 1.29 is 5.11 Å². The third-order valence-electron chi connectivity index (χ3n) is 10.0. The molecule has 0 aromatic carbocycles. The van der Waals surface area contributed by atoms with Gasteiger partial charge in [0.2, 0.25) is 0 Å². The van der Waals surface area contributed by atoms with Crippen LogP contribution in [-0.2, 0) is 0 Å². The van der Waals surface area contributed by atoms with Gasteiger partial charge in [0.15, 0.2) is 0 Å². The molecule has 0 bridgehead atoms. The van der Waals surface area contributed by atoms with Crippen LogP contribution in [-0.4, -0.2) is 20.5 Å². The van der Waals surface area contributed by atoms with E-state index in [1.165, 1.54) is 44.9 Å². The molecule has 0 radical (unpaired) electrons. The molecule has 1 unspecified atom stereocenters. The molecule has 9 atom stereocenters. The van der Waals surface area contributed by atoms with E-state index in [-0.39, 0.29) is 0 Å². The van der Waals surface area contributed by atoms with Crippen molar-refractivity contribution in [2.45, 2.75) is 90.2 Å². The Morgan fingerprint density at radius 1 is 1.10 bits per heavy atom. The first kappa shape index (κ1) is 19.6. The zero-order valence-corrected chi connectivity index (χ0v) is 18.3. The summed E-state index contributed by atoms with van der Waals surface area (Å²) in [5.74, 6) is 4.91. The lowest BCUT2D eigenvalue weighted by Crippen LogP contribution is -2.50. The molecule has 4 heteroatoms. The Bertz CT molecular complexity index is 807. The monoisotopic (exact) mass is 395 g/mol. The highest BCUT2D eigenvalue weighted by Gasteiger charge is 2.58. The molecule has 1 aromatic rings. The van der Waals surface area contributed by atoms with Crippen LogP contribution < -0.4 is 0 Å². The Hall–Kier alpha value is -1.34. The van der Waals surface area contributed by atoms with E-state index in [2.05, 4.69) is 36.6 Å². The van der Waals surface area contributed by atoms with E-state index < -0.39 is 5.60 Å². The SMILES string of the molecule is C[C@@H](C1CC[C@H]2[C@@H]3CC[C@@H]4C[C@](C)(O)CC[C@@H]4[C@H]3CC[C@]12C)n1cc(C#N)cn1.